The molecule has 0 bridgehead atoms. The van der Waals surface area contributed by atoms with Gasteiger partial charge in [0.25, 0.3) is 5.91 Å². The van der Waals surface area contributed by atoms with Crippen molar-refractivity contribution in [2.75, 3.05) is 6.54 Å². The van der Waals surface area contributed by atoms with E-state index in [0.29, 0.717) is 18.5 Å². The quantitative estimate of drug-likeness (QED) is 0.675. The van der Waals surface area contributed by atoms with Gasteiger partial charge in [-0.3, -0.25) is 9.69 Å². The number of nitrogens with zero attached hydrogens (tertiary/aromatic N) is 1. The molecule has 0 radical (unpaired) electrons. The van der Waals surface area contributed by atoms with Gasteiger partial charge >= 0.3 is 6.03 Å². The predicted octanol–water partition coefficient (Wildman–Crippen LogP) is 2.23. The topological polar surface area (TPSA) is 95.6 Å². The Hall–Kier alpha value is -1.93. The number of amides is 3. The number of hydrogen-bond donors (Lipinski definition) is 2. The van der Waals surface area contributed by atoms with Crippen molar-refractivity contribution >= 4 is 22.0 Å². The lowest BCUT2D eigenvalue weighted by Gasteiger charge is -2.20. The van der Waals surface area contributed by atoms with E-state index in [4.69, 9.17) is 0 Å². The number of imide groups is 1. The van der Waals surface area contributed by atoms with Gasteiger partial charge in [-0.25, -0.2) is 17.9 Å². The molecule has 8 heteroatoms. The molecule has 0 aliphatic carbocycles. The van der Waals surface area contributed by atoms with Gasteiger partial charge in [-0.1, -0.05) is 39.3 Å². The van der Waals surface area contributed by atoms with Crippen molar-refractivity contribution < 1.29 is 18.0 Å². The summed E-state index contributed by atoms with van der Waals surface area (Å²) in [6.45, 7) is 8.02. The Morgan fingerprint density at radius 2 is 1.81 bits per heavy atom. The average Bonchev–Trinajstić information content (AvgIpc) is 2.77. The molecule has 1 heterocycles. The lowest BCUT2D eigenvalue weighted by molar-refractivity contribution is -0.131. The van der Waals surface area contributed by atoms with E-state index in [1.807, 2.05) is 20.8 Å². The van der Waals surface area contributed by atoms with Crippen molar-refractivity contribution in [3.63, 3.8) is 0 Å². The van der Waals surface area contributed by atoms with Crippen molar-refractivity contribution in [1.82, 2.24) is 14.9 Å². The first-order chi connectivity index (χ1) is 12.1. The Morgan fingerprint density at radius 3 is 2.35 bits per heavy atom. The summed E-state index contributed by atoms with van der Waals surface area (Å²) in [5.41, 5.74) is -0.173. The molecule has 0 aromatic heterocycles. The second-order valence-corrected chi connectivity index (χ2v) is 9.06. The Labute approximate surface area is 155 Å². The maximum atomic E-state index is 12.5. The Kier molecular flexibility index (Phi) is 6.08. The summed E-state index contributed by atoms with van der Waals surface area (Å²) in [5, 5.41) is 2.75. The number of carbonyl (C=O) groups is 2. The summed E-state index contributed by atoms with van der Waals surface area (Å²) in [6, 6.07) is 5.81. The molecule has 1 aromatic carbocycles. The predicted molar refractivity (Wildman–Crippen MR) is 98.9 cm³/mol. The van der Waals surface area contributed by atoms with Gasteiger partial charge in [0.2, 0.25) is 10.0 Å². The van der Waals surface area contributed by atoms with Crippen LogP contribution in [-0.4, -0.2) is 37.3 Å². The summed E-state index contributed by atoms with van der Waals surface area (Å²) >= 11 is 0. The van der Waals surface area contributed by atoms with Crippen LogP contribution in [0.4, 0.5) is 4.79 Å². The van der Waals surface area contributed by atoms with Crippen LogP contribution in [0.15, 0.2) is 29.2 Å². The standard InChI is InChI=1S/C18H27N3O4S/c1-5-10-18(4)16(22)21(17(23)20-18)12-14-6-8-15(9-7-14)26(24,25)19-11-13(2)3/h6-9,13,19H,5,10-12H2,1-4H3,(H,20,23)/t18-/m1/s1. The summed E-state index contributed by atoms with van der Waals surface area (Å²) < 4.78 is 27.0. The number of sulfonamides is 1. The van der Waals surface area contributed by atoms with Crippen LogP contribution in [0.2, 0.25) is 0 Å². The van der Waals surface area contributed by atoms with E-state index in [0.717, 1.165) is 6.42 Å². The molecule has 1 atom stereocenters. The van der Waals surface area contributed by atoms with Gasteiger partial charge in [-0.2, -0.15) is 0 Å². The highest BCUT2D eigenvalue weighted by Gasteiger charge is 2.46. The minimum Gasteiger partial charge on any atom is -0.323 e. The lowest BCUT2D eigenvalue weighted by Crippen LogP contribution is -2.43. The van der Waals surface area contributed by atoms with E-state index in [1.165, 1.54) is 17.0 Å². The van der Waals surface area contributed by atoms with Crippen LogP contribution in [0.3, 0.4) is 0 Å². The van der Waals surface area contributed by atoms with E-state index in [9.17, 15) is 18.0 Å². The molecule has 0 unspecified atom stereocenters. The molecule has 26 heavy (non-hydrogen) atoms. The summed E-state index contributed by atoms with van der Waals surface area (Å²) in [5.74, 6) is -0.0409. The highest BCUT2D eigenvalue weighted by molar-refractivity contribution is 7.89. The molecule has 2 rings (SSSR count). The number of benzene rings is 1. The number of rotatable bonds is 8. The largest absolute Gasteiger partial charge is 0.325 e. The van der Waals surface area contributed by atoms with Crippen LogP contribution < -0.4 is 10.0 Å². The Bertz CT molecular complexity index is 774. The van der Waals surface area contributed by atoms with Crippen molar-refractivity contribution in [1.29, 1.82) is 0 Å². The molecule has 2 N–H and O–H groups in total. The van der Waals surface area contributed by atoms with E-state index < -0.39 is 21.6 Å². The van der Waals surface area contributed by atoms with Crippen LogP contribution in [-0.2, 0) is 21.4 Å². The fourth-order valence-corrected chi connectivity index (χ4v) is 4.09. The van der Waals surface area contributed by atoms with Gasteiger partial charge in [-0.15, -0.1) is 0 Å². The highest BCUT2D eigenvalue weighted by atomic mass is 32.2. The van der Waals surface area contributed by atoms with Crippen molar-refractivity contribution in [2.24, 2.45) is 5.92 Å². The Morgan fingerprint density at radius 1 is 1.19 bits per heavy atom. The normalized spacial score (nSPS) is 20.7. The zero-order valence-corrected chi connectivity index (χ0v) is 16.5. The zero-order valence-electron chi connectivity index (χ0n) is 15.7. The molecular formula is C18H27N3O4S. The third kappa shape index (κ3) is 4.42. The van der Waals surface area contributed by atoms with Crippen LogP contribution in [0, 0.1) is 5.92 Å². The van der Waals surface area contributed by atoms with Crippen molar-refractivity contribution in [3.05, 3.63) is 29.8 Å². The minimum atomic E-state index is -3.56. The second kappa shape index (κ2) is 7.75. The number of carbonyl (C=O) groups excluding carboxylic acids is 2. The first-order valence-corrected chi connectivity index (χ1v) is 10.3. The van der Waals surface area contributed by atoms with E-state index >= 15 is 0 Å². The molecule has 144 valence electrons. The Balaban J connectivity index is 2.10. The van der Waals surface area contributed by atoms with Gasteiger partial charge in [0.1, 0.15) is 5.54 Å². The second-order valence-electron chi connectivity index (χ2n) is 7.29. The fraction of sp³-hybridized carbons (Fsp3) is 0.556. The fourth-order valence-electron chi connectivity index (χ4n) is 2.88. The molecule has 0 saturated carbocycles. The molecular weight excluding hydrogens is 354 g/mol. The van der Waals surface area contributed by atoms with E-state index in [-0.39, 0.29) is 23.3 Å². The van der Waals surface area contributed by atoms with Gasteiger partial charge in [0.15, 0.2) is 0 Å². The smallest absolute Gasteiger partial charge is 0.323 e. The summed E-state index contributed by atoms with van der Waals surface area (Å²) in [4.78, 5) is 26.0. The molecule has 0 spiro atoms. The first-order valence-electron chi connectivity index (χ1n) is 8.82. The molecule has 1 aromatic rings. The van der Waals surface area contributed by atoms with Gasteiger partial charge in [-0.05, 0) is 37.0 Å². The molecule has 1 aliphatic heterocycles. The third-order valence-electron chi connectivity index (χ3n) is 4.35. The van der Waals surface area contributed by atoms with Gasteiger partial charge < -0.3 is 5.32 Å². The molecule has 1 saturated heterocycles. The summed E-state index contributed by atoms with van der Waals surface area (Å²) in [6.07, 6.45) is 1.36. The maximum absolute atomic E-state index is 12.5. The van der Waals surface area contributed by atoms with Crippen LogP contribution >= 0.6 is 0 Å². The minimum absolute atomic E-state index is 0.115. The van der Waals surface area contributed by atoms with Gasteiger partial charge in [0.05, 0.1) is 11.4 Å². The zero-order chi connectivity index (χ0) is 19.5. The van der Waals surface area contributed by atoms with E-state index in [1.54, 1.807) is 19.1 Å². The molecule has 7 nitrogen and oxygen atoms in total. The van der Waals surface area contributed by atoms with Crippen LogP contribution in [0.1, 0.15) is 46.1 Å². The van der Waals surface area contributed by atoms with Crippen molar-refractivity contribution in [2.45, 2.75) is 57.5 Å². The maximum Gasteiger partial charge on any atom is 0.325 e. The number of nitrogens with one attached hydrogen (secondary N) is 2. The number of urea groups is 1. The SMILES string of the molecule is CCC[C@@]1(C)NC(=O)N(Cc2ccc(S(=O)(=O)NCC(C)C)cc2)C1=O. The summed E-state index contributed by atoms with van der Waals surface area (Å²) in [7, 11) is -3.56. The third-order valence-corrected chi connectivity index (χ3v) is 5.79. The van der Waals surface area contributed by atoms with Crippen LogP contribution in [0.5, 0.6) is 0 Å². The van der Waals surface area contributed by atoms with E-state index in [2.05, 4.69) is 10.0 Å². The monoisotopic (exact) mass is 381 g/mol. The van der Waals surface area contributed by atoms with Crippen molar-refractivity contribution in [3.8, 4) is 0 Å². The van der Waals surface area contributed by atoms with Gasteiger partial charge in [0, 0.05) is 6.54 Å². The number of hydrogen-bond acceptors (Lipinski definition) is 4. The highest BCUT2D eigenvalue weighted by Crippen LogP contribution is 2.24. The average molecular weight is 381 g/mol. The molecule has 1 aliphatic rings. The van der Waals surface area contributed by atoms with Crippen LogP contribution in [0.25, 0.3) is 0 Å². The molecule has 3 amide bonds. The lowest BCUT2D eigenvalue weighted by atomic mass is 9.96. The molecule has 1 fully saturated rings. The first kappa shape index (κ1) is 20.4.